The molecule has 184 valence electrons. The van der Waals surface area contributed by atoms with E-state index in [1.54, 1.807) is 36.5 Å². The molecule has 1 N–H and O–H groups in total. The summed E-state index contributed by atoms with van der Waals surface area (Å²) in [5.74, 6) is -1.24. The number of aromatic nitrogens is 1. The highest BCUT2D eigenvalue weighted by Gasteiger charge is 2.39. The number of halogens is 1. The molecule has 8 nitrogen and oxygen atoms in total. The van der Waals surface area contributed by atoms with Gasteiger partial charge in [-0.05, 0) is 55.0 Å². The quantitative estimate of drug-likeness (QED) is 0.410. The highest BCUT2D eigenvalue weighted by Crippen LogP contribution is 2.34. The van der Waals surface area contributed by atoms with Crippen LogP contribution in [0.5, 0.6) is 5.75 Å². The Hall–Kier alpha value is -3.26. The lowest BCUT2D eigenvalue weighted by Crippen LogP contribution is -2.45. The van der Waals surface area contributed by atoms with Crippen LogP contribution in [0.2, 0.25) is 5.02 Å². The number of urea groups is 1. The third-order valence-electron chi connectivity index (χ3n) is 6.43. The second-order valence-electron chi connectivity index (χ2n) is 8.82. The van der Waals surface area contributed by atoms with Gasteiger partial charge in [-0.1, -0.05) is 43.9 Å². The Morgan fingerprint density at radius 1 is 1.17 bits per heavy atom. The normalized spacial score (nSPS) is 20.5. The van der Waals surface area contributed by atoms with Gasteiger partial charge in [-0.3, -0.25) is 9.78 Å². The SMILES string of the molecule is CCC1=NC(=O)NC(c2ccc(OC(=O)c3cccnc3)c(Cl)c2)C1C(=O)OCC1CCCCC1. The van der Waals surface area contributed by atoms with Crippen molar-refractivity contribution in [3.05, 3.63) is 58.9 Å². The first-order valence-electron chi connectivity index (χ1n) is 11.9. The van der Waals surface area contributed by atoms with Crippen molar-refractivity contribution in [2.75, 3.05) is 6.61 Å². The summed E-state index contributed by atoms with van der Waals surface area (Å²) < 4.78 is 11.1. The molecular formula is C26H28ClN3O5. The zero-order chi connectivity index (χ0) is 24.8. The van der Waals surface area contributed by atoms with Crippen LogP contribution in [0.4, 0.5) is 4.79 Å². The van der Waals surface area contributed by atoms with Crippen LogP contribution in [0, 0.1) is 11.8 Å². The van der Waals surface area contributed by atoms with E-state index in [0.717, 1.165) is 25.7 Å². The maximum Gasteiger partial charge on any atom is 0.345 e. The predicted molar refractivity (Wildman–Crippen MR) is 131 cm³/mol. The molecule has 4 rings (SSSR count). The van der Waals surface area contributed by atoms with Crippen molar-refractivity contribution < 1.29 is 23.9 Å². The molecule has 1 aliphatic carbocycles. The molecule has 1 aromatic carbocycles. The highest BCUT2D eigenvalue weighted by molar-refractivity contribution is 6.32. The molecule has 1 fully saturated rings. The number of carbonyl (C=O) groups excluding carboxylic acids is 3. The maximum atomic E-state index is 13.2. The minimum Gasteiger partial charge on any atom is -0.465 e. The number of ether oxygens (including phenoxy) is 2. The summed E-state index contributed by atoms with van der Waals surface area (Å²) in [6.07, 6.45) is 9.04. The first kappa shape index (κ1) is 24.9. The van der Waals surface area contributed by atoms with Gasteiger partial charge in [-0.25, -0.2) is 14.6 Å². The Morgan fingerprint density at radius 3 is 2.66 bits per heavy atom. The van der Waals surface area contributed by atoms with Gasteiger partial charge >= 0.3 is 18.0 Å². The summed E-state index contributed by atoms with van der Waals surface area (Å²) >= 11 is 6.42. The van der Waals surface area contributed by atoms with Gasteiger partial charge in [0, 0.05) is 18.1 Å². The minimum absolute atomic E-state index is 0.159. The van der Waals surface area contributed by atoms with Crippen LogP contribution < -0.4 is 10.1 Å². The Labute approximate surface area is 209 Å². The topological polar surface area (TPSA) is 107 Å². The number of nitrogens with one attached hydrogen (secondary N) is 1. The third-order valence-corrected chi connectivity index (χ3v) is 6.73. The molecule has 2 unspecified atom stereocenters. The summed E-state index contributed by atoms with van der Waals surface area (Å²) in [5, 5.41) is 2.95. The molecule has 1 aliphatic heterocycles. The molecule has 2 aliphatic rings. The molecule has 0 saturated heterocycles. The average molecular weight is 498 g/mol. The lowest BCUT2D eigenvalue weighted by atomic mass is 9.86. The van der Waals surface area contributed by atoms with E-state index >= 15 is 0 Å². The van der Waals surface area contributed by atoms with E-state index in [1.165, 1.54) is 12.6 Å². The molecule has 2 aromatic rings. The van der Waals surface area contributed by atoms with Crippen LogP contribution in [-0.2, 0) is 9.53 Å². The number of amides is 2. The van der Waals surface area contributed by atoms with Gasteiger partial charge in [0.05, 0.1) is 23.2 Å². The van der Waals surface area contributed by atoms with Crippen molar-refractivity contribution in [2.45, 2.75) is 51.5 Å². The first-order valence-corrected chi connectivity index (χ1v) is 12.3. The van der Waals surface area contributed by atoms with E-state index in [-0.39, 0.29) is 16.3 Å². The fraction of sp³-hybridized carbons (Fsp3) is 0.423. The van der Waals surface area contributed by atoms with Crippen molar-refractivity contribution in [1.82, 2.24) is 10.3 Å². The Morgan fingerprint density at radius 2 is 1.97 bits per heavy atom. The van der Waals surface area contributed by atoms with Crippen LogP contribution in [0.15, 0.2) is 47.7 Å². The Bertz CT molecular complexity index is 1120. The fourth-order valence-corrected chi connectivity index (χ4v) is 4.79. The zero-order valence-electron chi connectivity index (χ0n) is 19.5. The summed E-state index contributed by atoms with van der Waals surface area (Å²) in [7, 11) is 0. The van der Waals surface area contributed by atoms with Gasteiger partial charge in [0.25, 0.3) is 0 Å². The van der Waals surface area contributed by atoms with Crippen molar-refractivity contribution in [3.63, 3.8) is 0 Å². The summed E-state index contributed by atoms with van der Waals surface area (Å²) in [6.45, 7) is 2.22. The molecule has 2 amide bonds. The van der Waals surface area contributed by atoms with E-state index in [0.29, 0.717) is 30.2 Å². The van der Waals surface area contributed by atoms with Crippen molar-refractivity contribution in [1.29, 1.82) is 0 Å². The van der Waals surface area contributed by atoms with Gasteiger partial charge in [-0.2, -0.15) is 0 Å². The number of benzene rings is 1. The number of rotatable bonds is 7. The molecule has 9 heteroatoms. The average Bonchev–Trinajstić information content (AvgIpc) is 2.89. The van der Waals surface area contributed by atoms with E-state index in [1.807, 2.05) is 6.92 Å². The number of hydrogen-bond donors (Lipinski definition) is 1. The summed E-state index contributed by atoms with van der Waals surface area (Å²) in [6, 6.07) is 6.79. The molecule has 35 heavy (non-hydrogen) atoms. The first-order chi connectivity index (χ1) is 17.0. The van der Waals surface area contributed by atoms with E-state index in [4.69, 9.17) is 21.1 Å². The van der Waals surface area contributed by atoms with Gasteiger partial charge in [0.2, 0.25) is 0 Å². The van der Waals surface area contributed by atoms with Crippen LogP contribution in [0.1, 0.15) is 67.4 Å². The van der Waals surface area contributed by atoms with E-state index in [9.17, 15) is 14.4 Å². The minimum atomic E-state index is -0.763. The van der Waals surface area contributed by atoms with Gasteiger partial charge < -0.3 is 14.8 Å². The molecule has 2 atom stereocenters. The van der Waals surface area contributed by atoms with Crippen LogP contribution in [0.3, 0.4) is 0 Å². The van der Waals surface area contributed by atoms with Crippen LogP contribution in [-0.4, -0.2) is 35.3 Å². The van der Waals surface area contributed by atoms with Gasteiger partial charge in [0.15, 0.2) is 0 Å². The molecule has 1 aromatic heterocycles. The molecular weight excluding hydrogens is 470 g/mol. The summed E-state index contributed by atoms with van der Waals surface area (Å²) in [5.41, 5.74) is 1.34. The molecule has 1 saturated carbocycles. The smallest absolute Gasteiger partial charge is 0.345 e. The van der Waals surface area contributed by atoms with E-state index in [2.05, 4.69) is 15.3 Å². The molecule has 0 bridgehead atoms. The molecule has 0 radical (unpaired) electrons. The standard InChI is InChI=1S/C26H28ClN3O5/c1-2-20-22(25(32)34-15-16-7-4-3-5-8-16)23(30-26(33)29-20)17-10-11-21(19(27)13-17)35-24(31)18-9-6-12-28-14-18/h6,9-14,16,22-23H,2-5,7-8,15H2,1H3,(H,30,33). The highest BCUT2D eigenvalue weighted by atomic mass is 35.5. The van der Waals surface area contributed by atoms with Crippen LogP contribution in [0.25, 0.3) is 0 Å². The number of hydrogen-bond acceptors (Lipinski definition) is 6. The number of pyridine rings is 1. The van der Waals surface area contributed by atoms with Gasteiger partial charge in [-0.15, -0.1) is 0 Å². The van der Waals surface area contributed by atoms with Crippen molar-refractivity contribution in [2.24, 2.45) is 16.8 Å². The Kier molecular flexibility index (Phi) is 8.13. The van der Waals surface area contributed by atoms with Crippen molar-refractivity contribution in [3.8, 4) is 5.75 Å². The predicted octanol–water partition coefficient (Wildman–Crippen LogP) is 5.31. The number of nitrogens with zero attached hydrogens (tertiary/aromatic N) is 2. The maximum absolute atomic E-state index is 13.2. The molecule has 0 spiro atoms. The third kappa shape index (κ3) is 6.06. The largest absolute Gasteiger partial charge is 0.465 e. The summed E-state index contributed by atoms with van der Waals surface area (Å²) in [4.78, 5) is 45.8. The second kappa shape index (κ2) is 11.4. The van der Waals surface area contributed by atoms with Gasteiger partial charge in [0.1, 0.15) is 11.7 Å². The second-order valence-corrected chi connectivity index (χ2v) is 9.22. The zero-order valence-corrected chi connectivity index (χ0v) is 20.3. The molecule has 2 heterocycles. The lowest BCUT2D eigenvalue weighted by Gasteiger charge is -2.31. The number of aliphatic imine (C=N–C) groups is 1. The number of esters is 2. The van der Waals surface area contributed by atoms with Crippen LogP contribution >= 0.6 is 11.6 Å². The monoisotopic (exact) mass is 497 g/mol. The lowest BCUT2D eigenvalue weighted by molar-refractivity contribution is -0.148. The van der Waals surface area contributed by atoms with E-state index < -0.39 is 29.9 Å². The Balaban J connectivity index is 1.53. The van der Waals surface area contributed by atoms with Crippen molar-refractivity contribution >= 4 is 35.3 Å². The fourth-order valence-electron chi connectivity index (χ4n) is 4.57. The number of carbonyl (C=O) groups is 3.